The Kier molecular flexibility index (Phi) is 3.38. The van der Waals surface area contributed by atoms with Crippen molar-refractivity contribution in [1.29, 1.82) is 0 Å². The van der Waals surface area contributed by atoms with Crippen LogP contribution < -0.4 is 0 Å². The van der Waals surface area contributed by atoms with Gasteiger partial charge in [0.05, 0.1) is 5.38 Å². The monoisotopic (exact) mass is 274 g/mol. The molecule has 0 bridgehead atoms. The van der Waals surface area contributed by atoms with Gasteiger partial charge in [-0.1, -0.05) is 18.2 Å². The van der Waals surface area contributed by atoms with Crippen LogP contribution in [-0.2, 0) is 11.2 Å². The molecular formula is C15H15ClN2O. The molecule has 3 rings (SSSR count). The second kappa shape index (κ2) is 5.17. The van der Waals surface area contributed by atoms with Gasteiger partial charge in [0.2, 0.25) is 5.91 Å². The van der Waals surface area contributed by atoms with Crippen LogP contribution in [0.2, 0.25) is 0 Å². The lowest BCUT2D eigenvalue weighted by atomic mass is 10.0. The molecule has 1 unspecified atom stereocenters. The summed E-state index contributed by atoms with van der Waals surface area (Å²) in [7, 11) is 0. The molecule has 1 saturated heterocycles. The van der Waals surface area contributed by atoms with Crippen molar-refractivity contribution in [2.24, 2.45) is 0 Å². The minimum Gasteiger partial charge on any atom is -0.341 e. The normalized spacial score (nSPS) is 19.3. The highest BCUT2D eigenvalue weighted by Crippen LogP contribution is 2.20. The summed E-state index contributed by atoms with van der Waals surface area (Å²) in [6.45, 7) is 1.41. The molecule has 0 N–H and O–H groups in total. The van der Waals surface area contributed by atoms with Crippen LogP contribution in [0.4, 0.5) is 0 Å². The summed E-state index contributed by atoms with van der Waals surface area (Å²) in [5.41, 5.74) is 1.26. The highest BCUT2D eigenvalue weighted by molar-refractivity contribution is 6.22. The van der Waals surface area contributed by atoms with E-state index in [1.165, 1.54) is 10.9 Å². The van der Waals surface area contributed by atoms with Gasteiger partial charge in [0.15, 0.2) is 0 Å². The number of fused-ring (bicyclic) bond motifs is 1. The molecule has 0 spiro atoms. The van der Waals surface area contributed by atoms with Crippen molar-refractivity contribution in [1.82, 2.24) is 9.88 Å². The van der Waals surface area contributed by atoms with Crippen molar-refractivity contribution in [2.75, 3.05) is 13.1 Å². The maximum atomic E-state index is 11.7. The average Bonchev–Trinajstić information content (AvgIpc) is 2.74. The number of hydrogen-bond acceptors (Lipinski definition) is 2. The van der Waals surface area contributed by atoms with E-state index < -0.39 is 0 Å². The predicted octanol–water partition coefficient (Wildman–Crippen LogP) is 2.62. The van der Waals surface area contributed by atoms with E-state index in [0.717, 1.165) is 18.4 Å². The first-order valence-electron chi connectivity index (χ1n) is 6.47. The number of likely N-dealkylation sites (tertiary alicyclic amines) is 1. The lowest BCUT2D eigenvalue weighted by Gasteiger charge is -2.16. The summed E-state index contributed by atoms with van der Waals surface area (Å²) in [6, 6.07) is 8.24. The van der Waals surface area contributed by atoms with Crippen molar-refractivity contribution in [2.45, 2.75) is 18.2 Å². The summed E-state index contributed by atoms with van der Waals surface area (Å²) < 4.78 is 0. The summed E-state index contributed by atoms with van der Waals surface area (Å²) >= 11 is 6.01. The Balaban J connectivity index is 1.77. The lowest BCUT2D eigenvalue weighted by Crippen LogP contribution is -2.27. The first-order chi connectivity index (χ1) is 9.24. The van der Waals surface area contributed by atoms with Crippen LogP contribution in [0.5, 0.6) is 0 Å². The Morgan fingerprint density at radius 1 is 1.37 bits per heavy atom. The average molecular weight is 275 g/mol. The highest BCUT2D eigenvalue weighted by Gasteiger charge is 2.27. The van der Waals surface area contributed by atoms with Crippen LogP contribution in [-0.4, -0.2) is 34.3 Å². The SMILES string of the molecule is O=C1CC(Cl)CN1CCc1cccc2cnccc12. The standard InChI is InChI=1S/C15H15ClN2O/c16-13-8-15(19)18(10-13)7-5-11-2-1-3-12-9-17-6-4-14(11)12/h1-4,6,9,13H,5,7-8,10H2. The smallest absolute Gasteiger partial charge is 0.224 e. The van der Waals surface area contributed by atoms with E-state index in [-0.39, 0.29) is 11.3 Å². The molecule has 3 nitrogen and oxygen atoms in total. The number of amides is 1. The molecule has 1 atom stereocenters. The van der Waals surface area contributed by atoms with Gasteiger partial charge in [-0.25, -0.2) is 0 Å². The number of carbonyl (C=O) groups is 1. The van der Waals surface area contributed by atoms with E-state index in [4.69, 9.17) is 11.6 Å². The second-order valence-corrected chi connectivity index (χ2v) is 5.52. The van der Waals surface area contributed by atoms with Gasteiger partial charge < -0.3 is 4.90 Å². The first-order valence-corrected chi connectivity index (χ1v) is 6.91. The predicted molar refractivity (Wildman–Crippen MR) is 76.3 cm³/mol. The minimum absolute atomic E-state index is 0.0239. The summed E-state index contributed by atoms with van der Waals surface area (Å²) in [5, 5.41) is 2.33. The van der Waals surface area contributed by atoms with E-state index >= 15 is 0 Å². The van der Waals surface area contributed by atoms with Gasteiger partial charge in [0.1, 0.15) is 0 Å². The van der Waals surface area contributed by atoms with E-state index in [1.54, 1.807) is 0 Å². The van der Waals surface area contributed by atoms with Crippen LogP contribution in [0.3, 0.4) is 0 Å². The number of rotatable bonds is 3. The molecular weight excluding hydrogens is 260 g/mol. The van der Waals surface area contributed by atoms with E-state index in [0.29, 0.717) is 13.0 Å². The molecule has 1 aliphatic rings. The molecule has 19 heavy (non-hydrogen) atoms. The Morgan fingerprint density at radius 3 is 3.05 bits per heavy atom. The number of halogens is 1. The maximum absolute atomic E-state index is 11.7. The van der Waals surface area contributed by atoms with Crippen LogP contribution in [0.15, 0.2) is 36.7 Å². The number of benzene rings is 1. The first kappa shape index (κ1) is 12.4. The van der Waals surface area contributed by atoms with Gasteiger partial charge in [0.25, 0.3) is 0 Å². The number of alkyl halides is 1. The molecule has 1 amide bonds. The number of aromatic nitrogens is 1. The van der Waals surface area contributed by atoms with Gasteiger partial charge in [-0.2, -0.15) is 0 Å². The Hall–Kier alpha value is -1.61. The van der Waals surface area contributed by atoms with Crippen molar-refractivity contribution in [3.63, 3.8) is 0 Å². The zero-order chi connectivity index (χ0) is 13.2. The highest BCUT2D eigenvalue weighted by atomic mass is 35.5. The summed E-state index contributed by atoms with van der Waals surface area (Å²) in [6.07, 6.45) is 5.01. The van der Waals surface area contributed by atoms with Gasteiger partial charge in [-0.05, 0) is 23.4 Å². The largest absolute Gasteiger partial charge is 0.341 e. The van der Waals surface area contributed by atoms with Crippen LogP contribution in [0, 0.1) is 0 Å². The Bertz CT molecular complexity index is 609. The molecule has 1 fully saturated rings. The molecule has 0 aliphatic carbocycles. The van der Waals surface area contributed by atoms with Crippen molar-refractivity contribution >= 4 is 28.3 Å². The van der Waals surface area contributed by atoms with E-state index in [2.05, 4.69) is 17.1 Å². The van der Waals surface area contributed by atoms with Crippen LogP contribution in [0.25, 0.3) is 10.8 Å². The van der Waals surface area contributed by atoms with Crippen molar-refractivity contribution < 1.29 is 4.79 Å². The third-order valence-corrected chi connectivity index (χ3v) is 3.88. The quantitative estimate of drug-likeness (QED) is 0.806. The molecule has 4 heteroatoms. The van der Waals surface area contributed by atoms with Crippen molar-refractivity contribution in [3.05, 3.63) is 42.2 Å². The molecule has 1 aromatic heterocycles. The molecule has 0 saturated carbocycles. The fourth-order valence-electron chi connectivity index (χ4n) is 2.60. The molecule has 0 radical (unpaired) electrons. The number of pyridine rings is 1. The molecule has 1 aliphatic heterocycles. The maximum Gasteiger partial charge on any atom is 0.224 e. The van der Waals surface area contributed by atoms with Gasteiger partial charge >= 0.3 is 0 Å². The Morgan fingerprint density at radius 2 is 2.26 bits per heavy atom. The molecule has 2 heterocycles. The summed E-state index contributed by atoms with van der Waals surface area (Å²) in [4.78, 5) is 17.7. The zero-order valence-corrected chi connectivity index (χ0v) is 11.3. The topological polar surface area (TPSA) is 33.2 Å². The third kappa shape index (κ3) is 2.56. The minimum atomic E-state index is -0.0239. The lowest BCUT2D eigenvalue weighted by molar-refractivity contribution is -0.127. The van der Waals surface area contributed by atoms with Crippen LogP contribution >= 0.6 is 11.6 Å². The van der Waals surface area contributed by atoms with Gasteiger partial charge in [0, 0.05) is 37.3 Å². The fourth-order valence-corrected chi connectivity index (χ4v) is 2.90. The molecule has 98 valence electrons. The van der Waals surface area contributed by atoms with Gasteiger partial charge in [-0.3, -0.25) is 9.78 Å². The van der Waals surface area contributed by atoms with Crippen molar-refractivity contribution in [3.8, 4) is 0 Å². The van der Waals surface area contributed by atoms with E-state index in [1.807, 2.05) is 29.4 Å². The molecule has 1 aromatic carbocycles. The van der Waals surface area contributed by atoms with E-state index in [9.17, 15) is 4.79 Å². The number of nitrogens with zero attached hydrogens (tertiary/aromatic N) is 2. The van der Waals surface area contributed by atoms with Crippen LogP contribution in [0.1, 0.15) is 12.0 Å². The second-order valence-electron chi connectivity index (χ2n) is 4.91. The summed E-state index contributed by atoms with van der Waals surface area (Å²) in [5.74, 6) is 0.168. The fraction of sp³-hybridized carbons (Fsp3) is 0.333. The Labute approximate surface area is 117 Å². The van der Waals surface area contributed by atoms with Gasteiger partial charge in [-0.15, -0.1) is 11.6 Å². The zero-order valence-electron chi connectivity index (χ0n) is 10.6. The number of carbonyl (C=O) groups excluding carboxylic acids is 1. The number of hydrogen-bond donors (Lipinski definition) is 0. The molecule has 2 aromatic rings. The third-order valence-electron chi connectivity index (χ3n) is 3.59.